The summed E-state index contributed by atoms with van der Waals surface area (Å²) in [5.74, 6) is 0.982. The highest BCUT2D eigenvalue weighted by atomic mass is 35.5. The van der Waals surface area contributed by atoms with Crippen LogP contribution in [0.1, 0.15) is 12.5 Å². The van der Waals surface area contributed by atoms with Gasteiger partial charge in [-0.25, -0.2) is 9.97 Å². The van der Waals surface area contributed by atoms with Crippen LogP contribution in [0.3, 0.4) is 0 Å². The van der Waals surface area contributed by atoms with Gasteiger partial charge in [-0.15, -0.1) is 0 Å². The molecule has 134 valence electrons. The summed E-state index contributed by atoms with van der Waals surface area (Å²) in [7, 11) is 0. The summed E-state index contributed by atoms with van der Waals surface area (Å²) in [6.07, 6.45) is 4.11. The lowest BCUT2D eigenvalue weighted by Crippen LogP contribution is -2.11. The molecule has 1 aromatic carbocycles. The number of aromatic nitrogens is 4. The molecular weight excluding hydrogens is 362 g/mol. The Morgan fingerprint density at radius 1 is 1.15 bits per heavy atom. The molecule has 0 fully saturated rings. The summed E-state index contributed by atoms with van der Waals surface area (Å²) in [6.45, 7) is 2.03. The zero-order valence-electron chi connectivity index (χ0n) is 14.5. The predicted molar refractivity (Wildman–Crippen MR) is 108 cm³/mol. The molecule has 0 atom stereocenters. The van der Waals surface area contributed by atoms with Gasteiger partial charge in [0, 0.05) is 33.9 Å². The minimum absolute atomic E-state index is 0.243. The number of H-pyrrole nitrogens is 1. The van der Waals surface area contributed by atoms with Crippen molar-refractivity contribution in [3.63, 3.8) is 0 Å². The number of aryl methyl sites for hydroxylation is 1. The monoisotopic (exact) mass is 377 g/mol. The van der Waals surface area contributed by atoms with Gasteiger partial charge in [0.1, 0.15) is 11.5 Å². The van der Waals surface area contributed by atoms with Gasteiger partial charge in [-0.05, 0) is 36.2 Å². The fraction of sp³-hybridized carbons (Fsp3) is 0.100. The van der Waals surface area contributed by atoms with Crippen molar-refractivity contribution in [3.05, 3.63) is 75.8 Å². The molecule has 4 aromatic rings. The average molecular weight is 378 g/mol. The van der Waals surface area contributed by atoms with E-state index in [1.54, 1.807) is 24.5 Å². The summed E-state index contributed by atoms with van der Waals surface area (Å²) in [5, 5.41) is 4.28. The van der Waals surface area contributed by atoms with Crippen LogP contribution in [0.4, 0.5) is 11.8 Å². The predicted octanol–water partition coefficient (Wildman–Crippen LogP) is 4.34. The molecule has 2 N–H and O–H groups in total. The number of aromatic amines is 1. The van der Waals surface area contributed by atoms with Crippen molar-refractivity contribution in [2.24, 2.45) is 0 Å². The van der Waals surface area contributed by atoms with Crippen molar-refractivity contribution in [1.82, 2.24) is 19.9 Å². The smallest absolute Gasteiger partial charge is 0.257 e. The van der Waals surface area contributed by atoms with Gasteiger partial charge >= 0.3 is 0 Å². The van der Waals surface area contributed by atoms with Crippen LogP contribution in [0.5, 0.6) is 0 Å². The van der Waals surface area contributed by atoms with Gasteiger partial charge in [0.25, 0.3) is 5.56 Å². The molecule has 0 aliphatic carbocycles. The zero-order chi connectivity index (χ0) is 18.8. The molecular formula is C20H16ClN5O. The molecule has 0 saturated carbocycles. The van der Waals surface area contributed by atoms with Crippen LogP contribution in [-0.2, 0) is 6.42 Å². The normalized spacial score (nSPS) is 10.9. The number of hydrogen-bond acceptors (Lipinski definition) is 5. The van der Waals surface area contributed by atoms with Crippen molar-refractivity contribution in [2.75, 3.05) is 5.32 Å². The van der Waals surface area contributed by atoms with E-state index < -0.39 is 0 Å². The van der Waals surface area contributed by atoms with E-state index in [0.29, 0.717) is 28.0 Å². The lowest BCUT2D eigenvalue weighted by atomic mass is 9.98. The van der Waals surface area contributed by atoms with Crippen molar-refractivity contribution in [3.8, 4) is 11.1 Å². The third-order valence-corrected chi connectivity index (χ3v) is 4.56. The fourth-order valence-electron chi connectivity index (χ4n) is 2.96. The van der Waals surface area contributed by atoms with Crippen LogP contribution in [0.25, 0.3) is 22.2 Å². The molecule has 3 heterocycles. The third kappa shape index (κ3) is 3.39. The maximum atomic E-state index is 12.7. The van der Waals surface area contributed by atoms with Crippen LogP contribution < -0.4 is 10.9 Å². The number of rotatable bonds is 4. The van der Waals surface area contributed by atoms with Gasteiger partial charge in [-0.2, -0.15) is 4.98 Å². The van der Waals surface area contributed by atoms with Crippen LogP contribution in [0, 0.1) is 0 Å². The first kappa shape index (κ1) is 17.2. The molecule has 27 heavy (non-hydrogen) atoms. The summed E-state index contributed by atoms with van der Waals surface area (Å²) in [6, 6.07) is 12.9. The number of nitrogens with one attached hydrogen (secondary N) is 2. The number of benzene rings is 1. The van der Waals surface area contributed by atoms with E-state index in [4.69, 9.17) is 11.6 Å². The number of halogens is 1. The van der Waals surface area contributed by atoms with Gasteiger partial charge < -0.3 is 10.3 Å². The first-order chi connectivity index (χ1) is 13.2. The fourth-order valence-corrected chi connectivity index (χ4v) is 3.25. The molecule has 0 aliphatic rings. The molecule has 0 spiro atoms. The summed E-state index contributed by atoms with van der Waals surface area (Å²) in [4.78, 5) is 28.4. The lowest BCUT2D eigenvalue weighted by molar-refractivity contribution is 1.13. The third-order valence-electron chi connectivity index (χ3n) is 4.25. The van der Waals surface area contributed by atoms with E-state index in [-0.39, 0.29) is 5.56 Å². The summed E-state index contributed by atoms with van der Waals surface area (Å²) >= 11 is 6.38. The highest BCUT2D eigenvalue weighted by molar-refractivity contribution is 6.33. The Bertz CT molecular complexity index is 1170. The zero-order valence-corrected chi connectivity index (χ0v) is 15.3. The maximum absolute atomic E-state index is 12.7. The van der Waals surface area contributed by atoms with Gasteiger partial charge in [0.2, 0.25) is 5.95 Å². The van der Waals surface area contributed by atoms with Gasteiger partial charge in [0.15, 0.2) is 0 Å². The molecule has 0 aliphatic heterocycles. The Kier molecular flexibility index (Phi) is 4.56. The highest BCUT2D eigenvalue weighted by Crippen LogP contribution is 2.30. The Morgan fingerprint density at radius 3 is 2.81 bits per heavy atom. The van der Waals surface area contributed by atoms with Crippen LogP contribution >= 0.6 is 11.6 Å². The van der Waals surface area contributed by atoms with Crippen molar-refractivity contribution in [1.29, 1.82) is 0 Å². The molecule has 3 aromatic heterocycles. The molecule has 0 amide bonds. The van der Waals surface area contributed by atoms with Crippen molar-refractivity contribution in [2.45, 2.75) is 13.3 Å². The van der Waals surface area contributed by atoms with E-state index in [0.717, 1.165) is 22.9 Å². The quantitative estimate of drug-likeness (QED) is 0.552. The number of nitrogens with zero attached hydrogens (tertiary/aromatic N) is 3. The van der Waals surface area contributed by atoms with Crippen LogP contribution in [0.15, 0.2) is 59.7 Å². The molecule has 6 nitrogen and oxygen atoms in total. The standard InChI is InChI=1S/C20H16ClN5O/c1-2-12-6-5-7-15(21)17(12)14-10-13-11-23-20(26-18(13)25-19(14)27)24-16-8-3-4-9-22-16/h3-11H,2H2,1H3,(H2,22,23,24,25,26,27). The van der Waals surface area contributed by atoms with Crippen molar-refractivity contribution >= 4 is 34.4 Å². The SMILES string of the molecule is CCc1cccc(Cl)c1-c1cc2cnc(Nc3ccccn3)nc2[nH]c1=O. The second-order valence-electron chi connectivity index (χ2n) is 5.98. The van der Waals surface area contributed by atoms with E-state index in [1.807, 2.05) is 37.3 Å². The lowest BCUT2D eigenvalue weighted by Gasteiger charge is -2.11. The Balaban J connectivity index is 1.80. The summed E-state index contributed by atoms with van der Waals surface area (Å²) < 4.78 is 0. The second kappa shape index (κ2) is 7.17. The highest BCUT2D eigenvalue weighted by Gasteiger charge is 2.14. The topological polar surface area (TPSA) is 83.6 Å². The second-order valence-corrected chi connectivity index (χ2v) is 6.38. The number of pyridine rings is 2. The number of fused-ring (bicyclic) bond motifs is 1. The minimum atomic E-state index is -0.243. The minimum Gasteiger partial charge on any atom is -0.309 e. The average Bonchev–Trinajstić information content (AvgIpc) is 2.68. The van der Waals surface area contributed by atoms with Gasteiger partial charge in [-0.3, -0.25) is 4.79 Å². The first-order valence-corrected chi connectivity index (χ1v) is 8.89. The van der Waals surface area contributed by atoms with E-state index >= 15 is 0 Å². The molecule has 0 bridgehead atoms. The van der Waals surface area contributed by atoms with Crippen LogP contribution in [-0.4, -0.2) is 19.9 Å². The Hall–Kier alpha value is -3.25. The Morgan fingerprint density at radius 2 is 2.04 bits per heavy atom. The molecule has 7 heteroatoms. The largest absolute Gasteiger partial charge is 0.309 e. The van der Waals surface area contributed by atoms with Gasteiger partial charge in [-0.1, -0.05) is 36.7 Å². The summed E-state index contributed by atoms with van der Waals surface area (Å²) in [5.41, 5.74) is 2.48. The van der Waals surface area contributed by atoms with Crippen LogP contribution in [0.2, 0.25) is 5.02 Å². The van der Waals surface area contributed by atoms with E-state index in [9.17, 15) is 4.79 Å². The van der Waals surface area contributed by atoms with Crippen molar-refractivity contribution < 1.29 is 0 Å². The first-order valence-electron chi connectivity index (χ1n) is 8.51. The molecule has 4 rings (SSSR count). The molecule has 0 radical (unpaired) electrons. The number of anilines is 2. The maximum Gasteiger partial charge on any atom is 0.257 e. The Labute approximate surface area is 160 Å². The van der Waals surface area contributed by atoms with Gasteiger partial charge in [0.05, 0.1) is 0 Å². The number of hydrogen-bond donors (Lipinski definition) is 2. The molecule has 0 saturated heterocycles. The van der Waals surface area contributed by atoms with E-state index in [1.165, 1.54) is 0 Å². The molecule has 0 unspecified atom stereocenters. The van der Waals surface area contributed by atoms with E-state index in [2.05, 4.69) is 25.3 Å².